The van der Waals surface area contributed by atoms with E-state index in [0.717, 1.165) is 24.2 Å². The molecule has 7 nitrogen and oxygen atoms in total. The lowest BCUT2D eigenvalue weighted by atomic mass is 10.1. The molecule has 1 saturated carbocycles. The fourth-order valence-electron chi connectivity index (χ4n) is 2.95. The van der Waals surface area contributed by atoms with E-state index in [4.69, 9.17) is 10.00 Å². The molecular weight excluding hydrogens is 390 g/mol. The number of methoxy groups -OCH3 is 1. The van der Waals surface area contributed by atoms with Crippen molar-refractivity contribution >= 4 is 15.9 Å². The number of hydrogen-bond donors (Lipinski definition) is 1. The second kappa shape index (κ2) is 9.07. The van der Waals surface area contributed by atoms with Gasteiger partial charge in [-0.2, -0.15) is 5.26 Å². The van der Waals surface area contributed by atoms with Crippen LogP contribution in [0.25, 0.3) is 0 Å². The second-order valence-electron chi connectivity index (χ2n) is 6.84. The number of carbonyl (C=O) groups excluding carboxylic acids is 1. The van der Waals surface area contributed by atoms with Crippen LogP contribution in [0.5, 0.6) is 5.75 Å². The summed E-state index contributed by atoms with van der Waals surface area (Å²) in [5.41, 5.74) is 1.45. The molecule has 0 heterocycles. The molecule has 0 saturated heterocycles. The third-order valence-corrected chi connectivity index (χ3v) is 6.18. The van der Waals surface area contributed by atoms with Gasteiger partial charge in [-0.1, -0.05) is 12.1 Å². The summed E-state index contributed by atoms with van der Waals surface area (Å²) in [6.45, 7) is 0.542. The van der Waals surface area contributed by atoms with Gasteiger partial charge in [0.15, 0.2) is 0 Å². The summed E-state index contributed by atoms with van der Waals surface area (Å²) in [5.74, 6) is 0.642. The van der Waals surface area contributed by atoms with Crippen LogP contribution < -0.4 is 9.46 Å². The molecule has 0 radical (unpaired) electrons. The minimum atomic E-state index is -3.69. The minimum absolute atomic E-state index is 0.0524. The zero-order valence-electron chi connectivity index (χ0n) is 16.2. The van der Waals surface area contributed by atoms with Gasteiger partial charge in [-0.15, -0.1) is 0 Å². The van der Waals surface area contributed by atoms with E-state index < -0.39 is 10.0 Å². The van der Waals surface area contributed by atoms with E-state index >= 15 is 0 Å². The fraction of sp³-hybridized carbons (Fsp3) is 0.333. The molecule has 1 fully saturated rings. The molecule has 0 atom stereocenters. The second-order valence-corrected chi connectivity index (χ2v) is 8.61. The molecule has 0 unspecified atom stereocenters. The number of sulfonamides is 1. The highest BCUT2D eigenvalue weighted by atomic mass is 32.2. The zero-order valence-corrected chi connectivity index (χ0v) is 17.0. The average Bonchev–Trinajstić information content (AvgIpc) is 3.57. The Labute approximate surface area is 171 Å². The molecule has 0 spiro atoms. The van der Waals surface area contributed by atoms with Crippen molar-refractivity contribution in [2.45, 2.75) is 36.7 Å². The van der Waals surface area contributed by atoms with E-state index in [-0.39, 0.29) is 29.8 Å². The van der Waals surface area contributed by atoms with E-state index in [9.17, 15) is 13.2 Å². The number of benzene rings is 2. The Balaban J connectivity index is 1.72. The van der Waals surface area contributed by atoms with Crippen LogP contribution in [0.1, 0.15) is 35.2 Å². The van der Waals surface area contributed by atoms with Crippen molar-refractivity contribution in [3.05, 3.63) is 59.7 Å². The average molecular weight is 413 g/mol. The van der Waals surface area contributed by atoms with Crippen LogP contribution in [0.15, 0.2) is 53.4 Å². The maximum absolute atomic E-state index is 13.0. The van der Waals surface area contributed by atoms with Crippen LogP contribution in [-0.2, 0) is 16.6 Å². The first-order chi connectivity index (χ1) is 13.9. The van der Waals surface area contributed by atoms with Gasteiger partial charge in [0.1, 0.15) is 5.75 Å². The number of nitrogens with one attached hydrogen (secondary N) is 1. The largest absolute Gasteiger partial charge is 0.497 e. The van der Waals surface area contributed by atoms with Crippen molar-refractivity contribution < 1.29 is 17.9 Å². The Morgan fingerprint density at radius 2 is 1.83 bits per heavy atom. The standard InChI is InChI=1S/C21H23N3O4S/c1-28-19-9-3-16(4-10-19)15-24(18-7-8-18)21(25)17-5-11-20(12-6-17)29(26,27)23-14-2-13-22/h3-6,9-12,18,23H,2,7-8,14-15H2,1H3. The van der Waals surface area contributed by atoms with Crippen molar-refractivity contribution in [3.8, 4) is 11.8 Å². The van der Waals surface area contributed by atoms with Gasteiger partial charge in [0, 0.05) is 31.1 Å². The SMILES string of the molecule is COc1ccc(CN(C(=O)c2ccc(S(=O)(=O)NCCC#N)cc2)C2CC2)cc1. The fourth-order valence-corrected chi connectivity index (χ4v) is 3.98. The van der Waals surface area contributed by atoms with E-state index in [0.29, 0.717) is 12.1 Å². The first kappa shape index (κ1) is 20.8. The molecule has 1 N–H and O–H groups in total. The highest BCUT2D eigenvalue weighted by Crippen LogP contribution is 2.30. The van der Waals surface area contributed by atoms with Crippen molar-refractivity contribution in [2.24, 2.45) is 0 Å². The summed E-state index contributed by atoms with van der Waals surface area (Å²) in [6, 6.07) is 15.6. The lowest BCUT2D eigenvalue weighted by Gasteiger charge is -2.23. The lowest BCUT2D eigenvalue weighted by Crippen LogP contribution is -2.32. The van der Waals surface area contributed by atoms with Crippen molar-refractivity contribution in [2.75, 3.05) is 13.7 Å². The van der Waals surface area contributed by atoms with Crippen LogP contribution in [0.3, 0.4) is 0 Å². The zero-order chi connectivity index (χ0) is 20.9. The van der Waals surface area contributed by atoms with E-state index in [1.807, 2.05) is 35.2 Å². The molecule has 0 aliphatic heterocycles. The van der Waals surface area contributed by atoms with Gasteiger partial charge in [-0.3, -0.25) is 4.79 Å². The lowest BCUT2D eigenvalue weighted by molar-refractivity contribution is 0.0730. The molecule has 3 rings (SSSR count). The van der Waals surface area contributed by atoms with Crippen LogP contribution >= 0.6 is 0 Å². The normalized spacial score (nSPS) is 13.5. The quantitative estimate of drug-likeness (QED) is 0.637. The predicted molar refractivity (Wildman–Crippen MR) is 108 cm³/mol. The summed E-state index contributed by atoms with van der Waals surface area (Å²) in [5, 5.41) is 8.53. The number of ether oxygens (including phenoxy) is 1. The van der Waals surface area contributed by atoms with Gasteiger partial charge in [0.05, 0.1) is 18.1 Å². The molecule has 8 heteroatoms. The molecule has 0 aromatic heterocycles. The minimum Gasteiger partial charge on any atom is -0.497 e. The molecule has 29 heavy (non-hydrogen) atoms. The van der Waals surface area contributed by atoms with Gasteiger partial charge in [-0.25, -0.2) is 13.1 Å². The van der Waals surface area contributed by atoms with Crippen LogP contribution in [-0.4, -0.2) is 38.9 Å². The van der Waals surface area contributed by atoms with Gasteiger partial charge < -0.3 is 9.64 Å². The number of nitrogens with zero attached hydrogens (tertiary/aromatic N) is 2. The molecule has 1 aliphatic carbocycles. The Kier molecular flexibility index (Phi) is 6.52. The van der Waals surface area contributed by atoms with Crippen LogP contribution in [0, 0.1) is 11.3 Å². The molecule has 152 valence electrons. The highest BCUT2D eigenvalue weighted by Gasteiger charge is 2.33. The maximum atomic E-state index is 13.0. The Morgan fingerprint density at radius 1 is 1.17 bits per heavy atom. The molecule has 1 aliphatic rings. The molecular formula is C21H23N3O4S. The summed E-state index contributed by atoms with van der Waals surface area (Å²) < 4.78 is 31.9. The molecule has 2 aromatic carbocycles. The summed E-state index contributed by atoms with van der Waals surface area (Å²) in [6.07, 6.45) is 2.03. The van der Waals surface area contributed by atoms with Gasteiger partial charge >= 0.3 is 0 Å². The van der Waals surface area contributed by atoms with Gasteiger partial charge in [0.2, 0.25) is 10.0 Å². The Bertz CT molecular complexity index is 992. The van der Waals surface area contributed by atoms with Crippen molar-refractivity contribution in [1.29, 1.82) is 5.26 Å². The number of nitriles is 1. The van der Waals surface area contributed by atoms with Crippen molar-refractivity contribution in [1.82, 2.24) is 9.62 Å². The van der Waals surface area contributed by atoms with Crippen LogP contribution in [0.4, 0.5) is 0 Å². The van der Waals surface area contributed by atoms with E-state index in [1.54, 1.807) is 7.11 Å². The van der Waals surface area contributed by atoms with Gasteiger partial charge in [0.25, 0.3) is 5.91 Å². The molecule has 2 aromatic rings. The highest BCUT2D eigenvalue weighted by molar-refractivity contribution is 7.89. The van der Waals surface area contributed by atoms with E-state index in [2.05, 4.69) is 4.72 Å². The first-order valence-corrected chi connectivity index (χ1v) is 10.8. The van der Waals surface area contributed by atoms with Crippen LogP contribution in [0.2, 0.25) is 0 Å². The molecule has 0 bridgehead atoms. The van der Waals surface area contributed by atoms with Crippen molar-refractivity contribution in [3.63, 3.8) is 0 Å². The summed E-state index contributed by atoms with van der Waals surface area (Å²) in [7, 11) is -2.08. The molecule has 1 amide bonds. The monoisotopic (exact) mass is 413 g/mol. The Hall–Kier alpha value is -2.89. The first-order valence-electron chi connectivity index (χ1n) is 9.35. The third-order valence-electron chi connectivity index (χ3n) is 4.70. The third kappa shape index (κ3) is 5.34. The number of carbonyl (C=O) groups is 1. The smallest absolute Gasteiger partial charge is 0.254 e. The summed E-state index contributed by atoms with van der Waals surface area (Å²) in [4.78, 5) is 14.9. The predicted octanol–water partition coefficient (Wildman–Crippen LogP) is 2.69. The number of rotatable bonds is 9. The van der Waals surface area contributed by atoms with E-state index in [1.165, 1.54) is 24.3 Å². The number of hydrogen-bond acceptors (Lipinski definition) is 5. The summed E-state index contributed by atoms with van der Waals surface area (Å²) >= 11 is 0. The Morgan fingerprint density at radius 3 is 2.38 bits per heavy atom. The topological polar surface area (TPSA) is 99.5 Å². The number of amides is 1. The van der Waals surface area contributed by atoms with Gasteiger partial charge in [-0.05, 0) is 54.8 Å². The maximum Gasteiger partial charge on any atom is 0.254 e.